The number of hydrogen-bond acceptors (Lipinski definition) is 4. The zero-order chi connectivity index (χ0) is 15.7. The number of methoxy groups -OCH3 is 1. The van der Waals surface area contributed by atoms with Crippen LogP contribution >= 0.6 is 0 Å². The molecule has 1 unspecified atom stereocenters. The Kier molecular flexibility index (Phi) is 7.03. The number of nitrogens with one attached hydrogen (secondary N) is 2. The van der Waals surface area contributed by atoms with E-state index in [0.717, 1.165) is 6.42 Å². The maximum atomic E-state index is 11.8. The Labute approximate surface area is 123 Å². The van der Waals surface area contributed by atoms with Gasteiger partial charge in [0.1, 0.15) is 5.75 Å². The molecule has 0 aromatic heterocycles. The van der Waals surface area contributed by atoms with E-state index in [-0.39, 0.29) is 12.1 Å². The van der Waals surface area contributed by atoms with Crippen LogP contribution in [0.15, 0.2) is 24.3 Å². The molecule has 0 radical (unpaired) electrons. The lowest BCUT2D eigenvalue weighted by atomic mass is 10.2. The molecule has 1 rings (SSSR count). The quantitative estimate of drug-likeness (QED) is 0.678. The number of anilines is 1. The molecule has 1 aromatic carbocycles. The van der Waals surface area contributed by atoms with E-state index in [1.807, 2.05) is 6.92 Å². The number of ether oxygens (including phenoxy) is 2. The molecule has 1 aromatic rings. The number of amides is 2. The minimum Gasteiger partial charge on any atom is -0.482 e. The molecule has 0 spiro atoms. The number of aliphatic carboxylic acids is 1. The molecule has 2 amide bonds. The van der Waals surface area contributed by atoms with Gasteiger partial charge in [-0.25, -0.2) is 9.59 Å². The molecule has 0 aliphatic rings. The zero-order valence-corrected chi connectivity index (χ0v) is 12.1. The summed E-state index contributed by atoms with van der Waals surface area (Å²) in [6.07, 6.45) is 0.767. The van der Waals surface area contributed by atoms with Crippen molar-refractivity contribution in [1.82, 2.24) is 5.32 Å². The van der Waals surface area contributed by atoms with Gasteiger partial charge in [0.15, 0.2) is 6.61 Å². The lowest BCUT2D eigenvalue weighted by molar-refractivity contribution is -0.139. The van der Waals surface area contributed by atoms with Crippen LogP contribution in [0.25, 0.3) is 0 Å². The van der Waals surface area contributed by atoms with Crippen molar-refractivity contribution in [1.29, 1.82) is 0 Å². The van der Waals surface area contributed by atoms with Crippen LogP contribution in [0.4, 0.5) is 10.5 Å². The van der Waals surface area contributed by atoms with Crippen LogP contribution in [0, 0.1) is 0 Å². The molecule has 0 heterocycles. The summed E-state index contributed by atoms with van der Waals surface area (Å²) < 4.78 is 10.00. The molecule has 0 bridgehead atoms. The normalized spacial score (nSPS) is 11.5. The molecular formula is C14H20N2O5. The van der Waals surface area contributed by atoms with E-state index in [0.29, 0.717) is 18.0 Å². The Hall–Kier alpha value is -2.28. The monoisotopic (exact) mass is 296 g/mol. The highest BCUT2D eigenvalue weighted by Crippen LogP contribution is 2.15. The second-order valence-electron chi connectivity index (χ2n) is 4.37. The van der Waals surface area contributed by atoms with E-state index in [1.165, 1.54) is 0 Å². The van der Waals surface area contributed by atoms with Gasteiger partial charge in [0, 0.05) is 12.8 Å². The largest absolute Gasteiger partial charge is 0.482 e. The third kappa shape index (κ3) is 6.62. The van der Waals surface area contributed by atoms with Crippen molar-refractivity contribution in [3.05, 3.63) is 24.3 Å². The van der Waals surface area contributed by atoms with Crippen LogP contribution in [-0.2, 0) is 9.53 Å². The fraction of sp³-hybridized carbons (Fsp3) is 0.429. The van der Waals surface area contributed by atoms with E-state index >= 15 is 0 Å². The summed E-state index contributed by atoms with van der Waals surface area (Å²) in [5, 5.41) is 14.0. The summed E-state index contributed by atoms with van der Waals surface area (Å²) in [6, 6.07) is 6.07. The van der Waals surface area contributed by atoms with Gasteiger partial charge in [-0.3, -0.25) is 0 Å². The van der Waals surface area contributed by atoms with E-state index in [4.69, 9.17) is 14.6 Å². The number of urea groups is 1. The molecule has 0 aliphatic heterocycles. The minimum atomic E-state index is -1.04. The number of rotatable bonds is 8. The molecule has 0 saturated carbocycles. The van der Waals surface area contributed by atoms with Gasteiger partial charge in [-0.15, -0.1) is 0 Å². The summed E-state index contributed by atoms with van der Waals surface area (Å²) in [5.41, 5.74) is 0.586. The highest BCUT2D eigenvalue weighted by Gasteiger charge is 2.10. The van der Waals surface area contributed by atoms with Gasteiger partial charge in [-0.1, -0.05) is 6.92 Å². The first-order chi connectivity index (χ1) is 10.0. The Balaban J connectivity index is 2.47. The predicted molar refractivity (Wildman–Crippen MR) is 77.7 cm³/mol. The average molecular weight is 296 g/mol. The lowest BCUT2D eigenvalue weighted by Crippen LogP contribution is -2.40. The summed E-state index contributed by atoms with van der Waals surface area (Å²) in [5.74, 6) is -0.616. The number of carbonyl (C=O) groups excluding carboxylic acids is 1. The average Bonchev–Trinajstić information content (AvgIpc) is 2.46. The molecule has 7 nitrogen and oxygen atoms in total. The van der Waals surface area contributed by atoms with E-state index in [9.17, 15) is 9.59 Å². The summed E-state index contributed by atoms with van der Waals surface area (Å²) in [6.45, 7) is 2.01. The van der Waals surface area contributed by atoms with Gasteiger partial charge >= 0.3 is 12.0 Å². The molecule has 1 atom stereocenters. The highest BCUT2D eigenvalue weighted by molar-refractivity contribution is 5.89. The SMILES string of the molecule is CCC(COC)NC(=O)Nc1ccc(OCC(=O)O)cc1. The van der Waals surface area contributed by atoms with Gasteiger partial charge in [0.05, 0.1) is 12.6 Å². The van der Waals surface area contributed by atoms with Crippen LogP contribution in [0.3, 0.4) is 0 Å². The molecule has 116 valence electrons. The Morgan fingerprint density at radius 2 is 1.95 bits per heavy atom. The van der Waals surface area contributed by atoms with Crippen molar-refractivity contribution in [2.45, 2.75) is 19.4 Å². The zero-order valence-electron chi connectivity index (χ0n) is 12.1. The van der Waals surface area contributed by atoms with Crippen LogP contribution < -0.4 is 15.4 Å². The van der Waals surface area contributed by atoms with Crippen molar-refractivity contribution in [2.75, 3.05) is 25.6 Å². The summed E-state index contributed by atoms with van der Waals surface area (Å²) in [7, 11) is 1.58. The molecular weight excluding hydrogens is 276 g/mol. The first-order valence-electron chi connectivity index (χ1n) is 6.56. The van der Waals surface area contributed by atoms with Crippen molar-refractivity contribution < 1.29 is 24.2 Å². The molecule has 21 heavy (non-hydrogen) atoms. The summed E-state index contributed by atoms with van der Waals surface area (Å²) >= 11 is 0. The van der Waals surface area contributed by atoms with E-state index < -0.39 is 12.6 Å². The Morgan fingerprint density at radius 3 is 2.48 bits per heavy atom. The first-order valence-corrected chi connectivity index (χ1v) is 6.56. The van der Waals surface area contributed by atoms with Crippen molar-refractivity contribution >= 4 is 17.7 Å². The fourth-order valence-corrected chi connectivity index (χ4v) is 1.59. The molecule has 0 fully saturated rings. The van der Waals surface area contributed by atoms with Crippen LogP contribution in [0.5, 0.6) is 5.75 Å². The van der Waals surface area contributed by atoms with Gasteiger partial charge in [0.25, 0.3) is 0 Å². The molecule has 7 heteroatoms. The Morgan fingerprint density at radius 1 is 1.29 bits per heavy atom. The predicted octanol–water partition coefficient (Wildman–Crippen LogP) is 1.70. The topological polar surface area (TPSA) is 96.9 Å². The minimum absolute atomic E-state index is 0.0480. The first kappa shape index (κ1) is 16.8. The number of carboxylic acids is 1. The van der Waals surface area contributed by atoms with Gasteiger partial charge in [0.2, 0.25) is 0 Å². The lowest BCUT2D eigenvalue weighted by Gasteiger charge is -2.16. The Bertz CT molecular complexity index is 461. The van der Waals surface area contributed by atoms with Crippen molar-refractivity contribution in [2.24, 2.45) is 0 Å². The number of benzene rings is 1. The standard InChI is InChI=1S/C14H20N2O5/c1-3-10(8-20-2)15-14(19)16-11-4-6-12(7-5-11)21-9-13(17)18/h4-7,10H,3,8-9H2,1-2H3,(H,17,18)(H2,15,16,19). The van der Waals surface area contributed by atoms with Gasteiger partial charge in [-0.2, -0.15) is 0 Å². The van der Waals surface area contributed by atoms with Gasteiger partial charge < -0.3 is 25.2 Å². The van der Waals surface area contributed by atoms with Crippen LogP contribution in [0.2, 0.25) is 0 Å². The summed E-state index contributed by atoms with van der Waals surface area (Å²) in [4.78, 5) is 22.1. The van der Waals surface area contributed by atoms with Gasteiger partial charge in [-0.05, 0) is 30.7 Å². The molecule has 0 saturated heterocycles. The van der Waals surface area contributed by atoms with Crippen molar-refractivity contribution in [3.8, 4) is 5.75 Å². The molecule has 0 aliphatic carbocycles. The van der Waals surface area contributed by atoms with Crippen LogP contribution in [0.1, 0.15) is 13.3 Å². The van der Waals surface area contributed by atoms with E-state index in [1.54, 1.807) is 31.4 Å². The number of carboxylic acid groups (broad SMARTS) is 1. The maximum Gasteiger partial charge on any atom is 0.341 e. The van der Waals surface area contributed by atoms with Crippen molar-refractivity contribution in [3.63, 3.8) is 0 Å². The maximum absolute atomic E-state index is 11.8. The third-order valence-corrected chi connectivity index (χ3v) is 2.67. The number of hydrogen-bond donors (Lipinski definition) is 3. The molecule has 3 N–H and O–H groups in total. The third-order valence-electron chi connectivity index (χ3n) is 2.67. The van der Waals surface area contributed by atoms with Crippen LogP contribution in [-0.4, -0.2) is 43.5 Å². The smallest absolute Gasteiger partial charge is 0.341 e. The van der Waals surface area contributed by atoms with E-state index in [2.05, 4.69) is 10.6 Å². The highest BCUT2D eigenvalue weighted by atomic mass is 16.5. The number of carbonyl (C=O) groups is 2. The second kappa shape index (κ2) is 8.80. The second-order valence-corrected chi connectivity index (χ2v) is 4.37. The fourth-order valence-electron chi connectivity index (χ4n) is 1.59.